The number of allylic oxidation sites excluding steroid dienone is 2. The summed E-state index contributed by atoms with van der Waals surface area (Å²) in [7, 11) is 0. The number of Topliss-reactive ketones (excluding diaryl/α,β-unsaturated/α-hetero) is 1. The average molecular weight is 697 g/mol. The van der Waals surface area contributed by atoms with Gasteiger partial charge in [0.2, 0.25) is 11.8 Å². The van der Waals surface area contributed by atoms with Crippen LogP contribution in [0.1, 0.15) is 96.1 Å². The average Bonchev–Trinajstić information content (AvgIpc) is 3.81. The third-order valence-corrected chi connectivity index (χ3v) is 10.6. The van der Waals surface area contributed by atoms with E-state index in [9.17, 15) is 33.5 Å². The largest absolute Gasteiger partial charge is 0.444 e. The fraction of sp³-hybridized carbons (Fsp3) is 0.649. The quantitative estimate of drug-likeness (QED) is 0.386. The highest BCUT2D eigenvalue weighted by Crippen LogP contribution is 2.57. The van der Waals surface area contributed by atoms with Crippen LogP contribution in [0, 0.1) is 17.2 Å². The molecule has 13 heteroatoms. The van der Waals surface area contributed by atoms with Gasteiger partial charge in [0.15, 0.2) is 5.78 Å². The minimum absolute atomic E-state index is 0.0164. The van der Waals surface area contributed by atoms with Gasteiger partial charge in [0.25, 0.3) is 0 Å². The number of carbonyl (C=O) groups excluding carboxylic acids is 5. The Balaban J connectivity index is 1.23. The van der Waals surface area contributed by atoms with E-state index in [1.807, 2.05) is 12.2 Å². The number of nitrogens with one attached hydrogen (secondary N) is 2. The highest BCUT2D eigenvalue weighted by atomic mass is 19.1. The van der Waals surface area contributed by atoms with Gasteiger partial charge < -0.3 is 30.1 Å². The third kappa shape index (κ3) is 8.14. The maximum atomic E-state index is 14.4. The van der Waals surface area contributed by atoms with Gasteiger partial charge in [-0.25, -0.2) is 14.0 Å². The van der Waals surface area contributed by atoms with E-state index in [2.05, 4.69) is 10.6 Å². The standard InChI is InChI=1S/C37H49FN4O8/c1-35(2,3)50-33(46)40-28-13-8-6-4-5-7-11-24-17-37(24,32(45)39-22-36(48)14-15-36)18-30(43)29-16-25(20-42(29)31(28)44)49-34(47)41-19-23-10-9-12-27(38)26(23)21-41/h7,9-12,24-25,28-29,48H,4-6,8,13-22H2,1-3H3,(H,39,45)(H,40,46)/b11-7-/t24-,25-,28+,29+,37-/m1/s1. The Labute approximate surface area is 292 Å². The fourth-order valence-corrected chi connectivity index (χ4v) is 7.42. The molecular formula is C37H49FN4O8. The number of aliphatic hydroxyl groups is 1. The minimum Gasteiger partial charge on any atom is -0.444 e. The number of hydrogen-bond donors (Lipinski definition) is 3. The summed E-state index contributed by atoms with van der Waals surface area (Å²) in [5.41, 5.74) is -1.60. The molecule has 3 heterocycles. The normalized spacial score (nSPS) is 29.8. The monoisotopic (exact) mass is 696 g/mol. The molecule has 1 aromatic rings. The van der Waals surface area contributed by atoms with Crippen LogP contribution in [0.25, 0.3) is 0 Å². The number of amides is 4. The Morgan fingerprint density at radius 3 is 2.60 bits per heavy atom. The Hall–Kier alpha value is -4.00. The van der Waals surface area contributed by atoms with Gasteiger partial charge in [0, 0.05) is 31.5 Å². The molecule has 2 aliphatic carbocycles. The molecule has 2 saturated carbocycles. The summed E-state index contributed by atoms with van der Waals surface area (Å²) in [6.07, 6.45) is 6.69. The zero-order valence-corrected chi connectivity index (χ0v) is 29.2. The van der Waals surface area contributed by atoms with Crippen molar-refractivity contribution in [3.8, 4) is 0 Å². The third-order valence-electron chi connectivity index (χ3n) is 10.6. The first-order valence-electron chi connectivity index (χ1n) is 17.9. The molecule has 0 spiro atoms. The summed E-state index contributed by atoms with van der Waals surface area (Å²) in [4.78, 5) is 71.2. The molecule has 3 fully saturated rings. The van der Waals surface area contributed by atoms with Crippen LogP contribution in [0.4, 0.5) is 14.0 Å². The topological polar surface area (TPSA) is 155 Å². The molecule has 5 atom stereocenters. The number of halogens is 1. The number of hydrogen-bond acceptors (Lipinski definition) is 8. The van der Waals surface area contributed by atoms with Crippen LogP contribution < -0.4 is 10.6 Å². The van der Waals surface area contributed by atoms with E-state index in [1.165, 1.54) is 15.9 Å². The van der Waals surface area contributed by atoms with E-state index in [0.717, 1.165) is 19.3 Å². The molecule has 0 radical (unpaired) electrons. The van der Waals surface area contributed by atoms with Crippen LogP contribution in [0.5, 0.6) is 0 Å². The van der Waals surface area contributed by atoms with Crippen molar-refractivity contribution >= 4 is 29.8 Å². The zero-order chi connectivity index (χ0) is 35.8. The van der Waals surface area contributed by atoms with Gasteiger partial charge in [-0.1, -0.05) is 37.1 Å². The molecule has 4 amide bonds. The molecule has 0 aromatic heterocycles. The van der Waals surface area contributed by atoms with Crippen molar-refractivity contribution in [3.63, 3.8) is 0 Å². The van der Waals surface area contributed by atoms with Gasteiger partial charge in [0.1, 0.15) is 23.6 Å². The number of fused-ring (bicyclic) bond motifs is 3. The molecular weight excluding hydrogens is 647 g/mol. The predicted octanol–water partition coefficient (Wildman–Crippen LogP) is 4.27. The second-order valence-corrected chi connectivity index (χ2v) is 15.8. The smallest absolute Gasteiger partial charge is 0.410 e. The molecule has 1 saturated heterocycles. The van der Waals surface area contributed by atoms with Gasteiger partial charge in [-0.05, 0) is 76.8 Å². The van der Waals surface area contributed by atoms with Gasteiger partial charge in [0.05, 0.1) is 30.1 Å². The van der Waals surface area contributed by atoms with Crippen molar-refractivity contribution in [2.75, 3.05) is 13.1 Å². The lowest BCUT2D eigenvalue weighted by molar-refractivity contribution is -0.141. The molecule has 0 unspecified atom stereocenters. The lowest BCUT2D eigenvalue weighted by Crippen LogP contribution is -2.53. The Kier molecular flexibility index (Phi) is 10.00. The molecule has 3 N–H and O–H groups in total. The van der Waals surface area contributed by atoms with Crippen molar-refractivity contribution in [2.45, 2.75) is 127 Å². The first-order chi connectivity index (χ1) is 23.7. The van der Waals surface area contributed by atoms with Crippen LogP contribution in [0.3, 0.4) is 0 Å². The second kappa shape index (κ2) is 14.0. The minimum atomic E-state index is -1.01. The summed E-state index contributed by atoms with van der Waals surface area (Å²) in [6.45, 7) is 5.42. The molecule has 50 heavy (non-hydrogen) atoms. The number of ketones is 1. The van der Waals surface area contributed by atoms with Gasteiger partial charge in [-0.3, -0.25) is 19.3 Å². The summed E-state index contributed by atoms with van der Waals surface area (Å²) >= 11 is 0. The second-order valence-electron chi connectivity index (χ2n) is 15.8. The summed E-state index contributed by atoms with van der Waals surface area (Å²) < 4.78 is 25.7. The first-order valence-corrected chi connectivity index (χ1v) is 17.9. The molecule has 6 rings (SSSR count). The van der Waals surface area contributed by atoms with Gasteiger partial charge in [-0.2, -0.15) is 0 Å². The van der Waals surface area contributed by atoms with E-state index in [0.29, 0.717) is 43.2 Å². The first kappa shape index (κ1) is 35.8. The van der Waals surface area contributed by atoms with E-state index in [1.54, 1.807) is 32.9 Å². The highest BCUT2D eigenvalue weighted by Gasteiger charge is 2.61. The predicted molar refractivity (Wildman–Crippen MR) is 179 cm³/mol. The van der Waals surface area contributed by atoms with E-state index in [-0.39, 0.29) is 56.6 Å². The molecule has 12 nitrogen and oxygen atoms in total. The van der Waals surface area contributed by atoms with Crippen LogP contribution in [0.15, 0.2) is 30.4 Å². The number of rotatable bonds is 5. The zero-order valence-electron chi connectivity index (χ0n) is 29.2. The Morgan fingerprint density at radius 2 is 1.88 bits per heavy atom. The Bertz CT molecular complexity index is 1550. The van der Waals surface area contributed by atoms with Crippen molar-refractivity contribution in [3.05, 3.63) is 47.3 Å². The number of alkyl carbamates (subject to hydrolysis) is 1. The van der Waals surface area contributed by atoms with Gasteiger partial charge >= 0.3 is 12.2 Å². The maximum absolute atomic E-state index is 14.4. The summed E-state index contributed by atoms with van der Waals surface area (Å²) in [5, 5.41) is 16.0. The number of carbonyl (C=O) groups is 5. The number of ether oxygens (including phenoxy) is 2. The molecule has 3 aliphatic heterocycles. The molecule has 5 aliphatic rings. The lowest BCUT2D eigenvalue weighted by Gasteiger charge is -2.30. The summed E-state index contributed by atoms with van der Waals surface area (Å²) in [6, 6.07) is 2.69. The van der Waals surface area contributed by atoms with Gasteiger partial charge in [-0.15, -0.1) is 0 Å². The maximum Gasteiger partial charge on any atom is 0.410 e. The number of nitrogens with zero attached hydrogens (tertiary/aromatic N) is 2. The van der Waals surface area contributed by atoms with Crippen molar-refractivity contribution in [2.24, 2.45) is 11.3 Å². The lowest BCUT2D eigenvalue weighted by atomic mass is 9.90. The van der Waals surface area contributed by atoms with Crippen molar-refractivity contribution < 1.29 is 42.9 Å². The van der Waals surface area contributed by atoms with Crippen LogP contribution >= 0.6 is 0 Å². The molecule has 272 valence electrons. The van der Waals surface area contributed by atoms with E-state index >= 15 is 0 Å². The fourth-order valence-electron chi connectivity index (χ4n) is 7.42. The van der Waals surface area contributed by atoms with Crippen molar-refractivity contribution in [1.82, 2.24) is 20.4 Å². The molecule has 0 bridgehead atoms. The SMILES string of the molecule is CC(C)(C)OC(=O)N[C@H]1CCCCC/C=C\[C@@H]2C[C@@]2(C(=O)NCC2(O)CC2)CC(=O)[C@@H]2C[C@@H](OC(=O)N3Cc4cccc(F)c4C3)CN2C1=O. The molecule has 1 aromatic carbocycles. The van der Waals surface area contributed by atoms with Crippen LogP contribution in [-0.2, 0) is 36.9 Å². The van der Waals surface area contributed by atoms with E-state index < -0.39 is 58.7 Å². The summed E-state index contributed by atoms with van der Waals surface area (Å²) in [5.74, 6) is -1.69. The van der Waals surface area contributed by atoms with Crippen LogP contribution in [-0.4, -0.2) is 87.2 Å². The Morgan fingerprint density at radius 1 is 1.10 bits per heavy atom. The van der Waals surface area contributed by atoms with Crippen LogP contribution in [0.2, 0.25) is 0 Å². The highest BCUT2D eigenvalue weighted by molar-refractivity contribution is 5.97. The number of benzene rings is 1. The van der Waals surface area contributed by atoms with Crippen molar-refractivity contribution in [1.29, 1.82) is 0 Å². The van der Waals surface area contributed by atoms with E-state index in [4.69, 9.17) is 9.47 Å².